The molecule has 1 aliphatic heterocycles. The molecular weight excluding hydrogens is 358 g/mol. The van der Waals surface area contributed by atoms with Crippen LogP contribution in [0.5, 0.6) is 0 Å². The Morgan fingerprint density at radius 3 is 2.74 bits per heavy atom. The molecule has 0 spiro atoms. The zero-order chi connectivity index (χ0) is 18.8. The lowest BCUT2D eigenvalue weighted by molar-refractivity contribution is 0.0729. The van der Waals surface area contributed by atoms with Crippen LogP contribution in [-0.2, 0) is 13.0 Å². The summed E-state index contributed by atoms with van der Waals surface area (Å²) in [6.45, 7) is 3.34. The van der Waals surface area contributed by atoms with E-state index in [1.54, 1.807) is 12.3 Å². The van der Waals surface area contributed by atoms with Gasteiger partial charge in [-0.15, -0.1) is 0 Å². The fourth-order valence-electron chi connectivity index (χ4n) is 3.38. The topological polar surface area (TPSA) is 45.2 Å². The minimum Gasteiger partial charge on any atom is -0.355 e. The van der Waals surface area contributed by atoms with Crippen LogP contribution in [0.2, 0.25) is 5.02 Å². The SMILES string of the molecule is Cc1cc(Cl)ccc1Nc1ccnc(C(=O)N2CCc3ccccc3C2)c1. The minimum absolute atomic E-state index is 0.0408. The molecule has 4 rings (SSSR count). The van der Waals surface area contributed by atoms with Crippen molar-refractivity contribution >= 4 is 28.9 Å². The highest BCUT2D eigenvalue weighted by Crippen LogP contribution is 2.25. The number of fused-ring (bicyclic) bond motifs is 1. The average Bonchev–Trinajstić information content (AvgIpc) is 2.69. The Balaban J connectivity index is 1.53. The molecule has 1 aliphatic rings. The smallest absolute Gasteiger partial charge is 0.272 e. The van der Waals surface area contributed by atoms with Crippen molar-refractivity contribution in [3.8, 4) is 0 Å². The van der Waals surface area contributed by atoms with Gasteiger partial charge in [0.2, 0.25) is 0 Å². The number of aryl methyl sites for hydroxylation is 1. The number of amides is 1. The van der Waals surface area contributed by atoms with E-state index in [2.05, 4.69) is 22.4 Å². The Kier molecular flexibility index (Phi) is 4.82. The van der Waals surface area contributed by atoms with Crippen molar-refractivity contribution < 1.29 is 4.79 Å². The van der Waals surface area contributed by atoms with Crippen LogP contribution in [0, 0.1) is 6.92 Å². The van der Waals surface area contributed by atoms with Crippen molar-refractivity contribution in [2.75, 3.05) is 11.9 Å². The molecule has 3 aromatic rings. The van der Waals surface area contributed by atoms with E-state index in [1.165, 1.54) is 11.1 Å². The van der Waals surface area contributed by atoms with Crippen molar-refractivity contribution in [3.05, 3.63) is 88.2 Å². The quantitative estimate of drug-likeness (QED) is 0.699. The molecule has 0 saturated carbocycles. The predicted octanol–water partition coefficient (Wildman–Crippen LogP) is 4.99. The largest absolute Gasteiger partial charge is 0.355 e. The molecule has 0 aliphatic carbocycles. The van der Waals surface area contributed by atoms with Crippen molar-refractivity contribution in [2.45, 2.75) is 19.9 Å². The van der Waals surface area contributed by atoms with Gasteiger partial charge in [-0.1, -0.05) is 35.9 Å². The molecule has 0 unspecified atom stereocenters. The molecule has 2 aromatic carbocycles. The van der Waals surface area contributed by atoms with Gasteiger partial charge in [-0.05, 0) is 60.4 Å². The highest BCUT2D eigenvalue weighted by Gasteiger charge is 2.22. The molecule has 0 fully saturated rings. The lowest BCUT2D eigenvalue weighted by Crippen LogP contribution is -2.36. The van der Waals surface area contributed by atoms with Gasteiger partial charge >= 0.3 is 0 Å². The molecule has 136 valence electrons. The van der Waals surface area contributed by atoms with Crippen LogP contribution in [0.15, 0.2) is 60.8 Å². The van der Waals surface area contributed by atoms with E-state index in [9.17, 15) is 4.79 Å². The summed E-state index contributed by atoms with van der Waals surface area (Å²) in [5.41, 5.74) is 5.81. The van der Waals surface area contributed by atoms with Crippen LogP contribution in [0.4, 0.5) is 11.4 Å². The van der Waals surface area contributed by atoms with Gasteiger partial charge in [0.05, 0.1) is 0 Å². The van der Waals surface area contributed by atoms with Crippen molar-refractivity contribution in [3.63, 3.8) is 0 Å². The number of carbonyl (C=O) groups is 1. The number of nitrogens with one attached hydrogen (secondary N) is 1. The summed E-state index contributed by atoms with van der Waals surface area (Å²) in [6.07, 6.45) is 2.54. The van der Waals surface area contributed by atoms with Crippen LogP contribution in [0.1, 0.15) is 27.2 Å². The van der Waals surface area contributed by atoms with Crippen LogP contribution in [-0.4, -0.2) is 22.3 Å². The van der Waals surface area contributed by atoms with E-state index in [-0.39, 0.29) is 5.91 Å². The molecule has 0 saturated heterocycles. The molecular formula is C22H20ClN3O. The van der Waals surface area contributed by atoms with E-state index in [0.29, 0.717) is 23.8 Å². The van der Waals surface area contributed by atoms with Gasteiger partial charge in [-0.25, -0.2) is 0 Å². The molecule has 2 heterocycles. The second kappa shape index (κ2) is 7.41. The normalized spacial score (nSPS) is 13.2. The zero-order valence-corrected chi connectivity index (χ0v) is 15.8. The first kappa shape index (κ1) is 17.6. The van der Waals surface area contributed by atoms with Gasteiger partial charge < -0.3 is 10.2 Å². The molecule has 1 N–H and O–H groups in total. The molecule has 0 bridgehead atoms. The van der Waals surface area contributed by atoms with Crippen molar-refractivity contribution in [1.82, 2.24) is 9.88 Å². The summed E-state index contributed by atoms with van der Waals surface area (Å²) < 4.78 is 0. The van der Waals surface area contributed by atoms with Gasteiger partial charge in [0.25, 0.3) is 5.91 Å². The number of nitrogens with zero attached hydrogens (tertiary/aromatic N) is 2. The van der Waals surface area contributed by atoms with Crippen LogP contribution < -0.4 is 5.32 Å². The third kappa shape index (κ3) is 3.81. The number of anilines is 2. The lowest BCUT2D eigenvalue weighted by atomic mass is 10.00. The number of hydrogen-bond donors (Lipinski definition) is 1. The number of halogens is 1. The van der Waals surface area contributed by atoms with Crippen molar-refractivity contribution in [2.24, 2.45) is 0 Å². The van der Waals surface area contributed by atoms with E-state index >= 15 is 0 Å². The maximum absolute atomic E-state index is 12.9. The Morgan fingerprint density at radius 2 is 1.93 bits per heavy atom. The van der Waals surface area contributed by atoms with Gasteiger partial charge in [-0.2, -0.15) is 0 Å². The summed E-state index contributed by atoms with van der Waals surface area (Å²) >= 11 is 6.02. The van der Waals surface area contributed by atoms with Crippen LogP contribution in [0.25, 0.3) is 0 Å². The number of pyridine rings is 1. The number of aromatic nitrogens is 1. The van der Waals surface area contributed by atoms with Gasteiger partial charge in [0, 0.05) is 35.7 Å². The maximum Gasteiger partial charge on any atom is 0.272 e. The van der Waals surface area contributed by atoms with Crippen molar-refractivity contribution in [1.29, 1.82) is 0 Å². The van der Waals surface area contributed by atoms with E-state index < -0.39 is 0 Å². The molecule has 0 atom stereocenters. The second-order valence-corrected chi connectivity index (χ2v) is 7.20. The zero-order valence-electron chi connectivity index (χ0n) is 15.1. The van der Waals surface area contributed by atoms with Crippen LogP contribution in [0.3, 0.4) is 0 Å². The van der Waals surface area contributed by atoms with E-state index in [4.69, 9.17) is 11.6 Å². The van der Waals surface area contributed by atoms with Crippen LogP contribution >= 0.6 is 11.6 Å². The molecule has 1 aromatic heterocycles. The third-order valence-corrected chi connectivity index (χ3v) is 5.10. The van der Waals surface area contributed by atoms with E-state index in [0.717, 1.165) is 23.4 Å². The number of benzene rings is 2. The number of rotatable bonds is 3. The monoisotopic (exact) mass is 377 g/mol. The first-order chi connectivity index (χ1) is 13.1. The average molecular weight is 378 g/mol. The molecule has 1 amide bonds. The van der Waals surface area contributed by atoms with Gasteiger partial charge in [-0.3, -0.25) is 9.78 Å². The summed E-state index contributed by atoms with van der Waals surface area (Å²) in [4.78, 5) is 19.1. The molecule has 27 heavy (non-hydrogen) atoms. The Bertz CT molecular complexity index is 1000. The standard InChI is InChI=1S/C22H20ClN3O/c1-15-12-18(23)6-7-20(15)25-19-8-10-24-21(13-19)22(27)26-11-9-16-4-2-3-5-17(16)14-26/h2-8,10,12-13H,9,11,14H2,1H3,(H,24,25). The Hall–Kier alpha value is -2.85. The van der Waals surface area contributed by atoms with Gasteiger partial charge in [0.1, 0.15) is 5.69 Å². The molecule has 0 radical (unpaired) electrons. The van der Waals surface area contributed by atoms with Gasteiger partial charge in [0.15, 0.2) is 0 Å². The fraction of sp³-hybridized carbons (Fsp3) is 0.182. The van der Waals surface area contributed by atoms with E-state index in [1.807, 2.05) is 48.2 Å². The Morgan fingerprint density at radius 1 is 1.11 bits per heavy atom. The summed E-state index contributed by atoms with van der Waals surface area (Å²) in [7, 11) is 0. The highest BCUT2D eigenvalue weighted by molar-refractivity contribution is 6.30. The summed E-state index contributed by atoms with van der Waals surface area (Å²) in [6, 6.07) is 17.6. The highest BCUT2D eigenvalue weighted by atomic mass is 35.5. The first-order valence-corrected chi connectivity index (χ1v) is 9.33. The first-order valence-electron chi connectivity index (χ1n) is 8.95. The summed E-state index contributed by atoms with van der Waals surface area (Å²) in [5, 5.41) is 4.05. The maximum atomic E-state index is 12.9. The molecule has 5 heteroatoms. The lowest BCUT2D eigenvalue weighted by Gasteiger charge is -2.28. The second-order valence-electron chi connectivity index (χ2n) is 6.76. The minimum atomic E-state index is -0.0408. The molecule has 4 nitrogen and oxygen atoms in total. The Labute approximate surface area is 163 Å². The predicted molar refractivity (Wildman–Crippen MR) is 109 cm³/mol. The number of hydrogen-bond acceptors (Lipinski definition) is 3. The fourth-order valence-corrected chi connectivity index (χ4v) is 3.61. The summed E-state index contributed by atoms with van der Waals surface area (Å²) in [5.74, 6) is -0.0408. The number of carbonyl (C=O) groups excluding carboxylic acids is 1. The third-order valence-electron chi connectivity index (χ3n) is 4.86.